The number of Topliss-reactive ketones (excluding diaryl/α,β-unsaturated/α-hetero) is 1. The van der Waals surface area contributed by atoms with Crippen molar-refractivity contribution in [2.75, 3.05) is 10.2 Å². The first-order valence-electron chi connectivity index (χ1n) is 12.8. The van der Waals surface area contributed by atoms with Gasteiger partial charge in [0.1, 0.15) is 5.76 Å². The molecule has 0 spiro atoms. The second-order valence-corrected chi connectivity index (χ2v) is 10.8. The predicted molar refractivity (Wildman–Crippen MR) is 155 cm³/mol. The molecule has 39 heavy (non-hydrogen) atoms. The Morgan fingerprint density at radius 2 is 1.49 bits per heavy atom. The van der Waals surface area contributed by atoms with Crippen LogP contribution in [-0.2, 0) is 19.8 Å². The number of carbonyl (C=O) groups excluding carboxylic acids is 3. The van der Waals surface area contributed by atoms with Crippen molar-refractivity contribution in [3.63, 3.8) is 0 Å². The number of nitrogens with one attached hydrogen (secondary N) is 1. The minimum atomic E-state index is -0.843. The minimum absolute atomic E-state index is 0.0331. The molecule has 1 atom stereocenters. The van der Waals surface area contributed by atoms with Crippen LogP contribution in [0.25, 0.3) is 16.5 Å². The maximum absolute atomic E-state index is 13.6. The Labute approximate surface area is 227 Å². The molecule has 1 aliphatic heterocycles. The number of hydrogen-bond donors (Lipinski definition) is 2. The molecule has 196 valence electrons. The molecule has 1 unspecified atom stereocenters. The van der Waals surface area contributed by atoms with Gasteiger partial charge in [0, 0.05) is 23.9 Å². The van der Waals surface area contributed by atoms with Crippen molar-refractivity contribution < 1.29 is 19.5 Å². The van der Waals surface area contributed by atoms with E-state index in [1.807, 2.05) is 60.7 Å². The molecule has 1 aliphatic rings. The van der Waals surface area contributed by atoms with E-state index >= 15 is 0 Å². The van der Waals surface area contributed by atoms with Gasteiger partial charge in [-0.2, -0.15) is 0 Å². The number of carbonyl (C=O) groups is 3. The highest BCUT2D eigenvalue weighted by Gasteiger charge is 2.47. The zero-order valence-corrected chi connectivity index (χ0v) is 22.4. The molecule has 1 saturated heterocycles. The number of aliphatic hydroxyl groups excluding tert-OH is 1. The van der Waals surface area contributed by atoms with Crippen LogP contribution in [0.15, 0.2) is 96.6 Å². The fourth-order valence-corrected chi connectivity index (χ4v) is 5.07. The molecule has 2 N–H and O–H groups in total. The highest BCUT2D eigenvalue weighted by Crippen LogP contribution is 2.43. The lowest BCUT2D eigenvalue weighted by atomic mass is 9.85. The number of ketones is 1. The zero-order valence-electron chi connectivity index (χ0n) is 22.4. The molecule has 4 aromatic rings. The number of aliphatic hydroxyl groups is 1. The van der Waals surface area contributed by atoms with Crippen molar-refractivity contribution in [2.45, 2.75) is 39.2 Å². The van der Waals surface area contributed by atoms with Gasteiger partial charge in [0.25, 0.3) is 11.7 Å². The molecule has 6 nitrogen and oxygen atoms in total. The van der Waals surface area contributed by atoms with Crippen molar-refractivity contribution in [1.82, 2.24) is 0 Å². The molecule has 1 heterocycles. The van der Waals surface area contributed by atoms with Gasteiger partial charge in [0.15, 0.2) is 0 Å². The van der Waals surface area contributed by atoms with Gasteiger partial charge in [-0.3, -0.25) is 19.3 Å². The Morgan fingerprint density at radius 3 is 2.13 bits per heavy atom. The second-order valence-electron chi connectivity index (χ2n) is 10.8. The van der Waals surface area contributed by atoms with Crippen molar-refractivity contribution >= 4 is 45.5 Å². The van der Waals surface area contributed by atoms with E-state index in [2.05, 4.69) is 26.1 Å². The highest BCUT2D eigenvalue weighted by atomic mass is 16.3. The van der Waals surface area contributed by atoms with E-state index < -0.39 is 17.7 Å². The maximum atomic E-state index is 13.6. The number of fused-ring (bicyclic) bond motifs is 1. The lowest BCUT2D eigenvalue weighted by molar-refractivity contribution is -0.132. The molecule has 4 aromatic carbocycles. The van der Waals surface area contributed by atoms with Crippen LogP contribution in [0.4, 0.5) is 11.4 Å². The summed E-state index contributed by atoms with van der Waals surface area (Å²) in [5, 5.41) is 16.1. The fraction of sp³-hybridized carbons (Fsp3) is 0.182. The number of nitrogens with zero attached hydrogens (tertiary/aromatic N) is 1. The minimum Gasteiger partial charge on any atom is -0.507 e. The molecule has 5 rings (SSSR count). The van der Waals surface area contributed by atoms with Crippen molar-refractivity contribution in [2.24, 2.45) is 0 Å². The van der Waals surface area contributed by atoms with Crippen LogP contribution in [0.5, 0.6) is 0 Å². The summed E-state index contributed by atoms with van der Waals surface area (Å²) in [5.74, 6) is -1.91. The molecule has 0 saturated carbocycles. The van der Waals surface area contributed by atoms with E-state index in [0.29, 0.717) is 22.5 Å². The molecule has 0 bridgehead atoms. The standard InChI is InChI=1S/C33H30N2O4/c1-20(36)34-24-16-18-25(19-17-24)35-29(22-12-14-23(15-13-22)33(2,3)4)28(31(38)32(35)39)30(37)27-11-7-9-21-8-5-6-10-26(21)27/h5-19,29,37H,1-4H3,(H,34,36)/b30-28-. The summed E-state index contributed by atoms with van der Waals surface area (Å²) in [6.07, 6.45) is 0. The maximum Gasteiger partial charge on any atom is 0.300 e. The summed E-state index contributed by atoms with van der Waals surface area (Å²) in [5.41, 5.74) is 3.31. The topological polar surface area (TPSA) is 86.7 Å². The Hall–Kier alpha value is -4.71. The highest BCUT2D eigenvalue weighted by molar-refractivity contribution is 6.51. The molecule has 0 aliphatic carbocycles. The summed E-state index contributed by atoms with van der Waals surface area (Å²) in [6.45, 7) is 7.77. The summed E-state index contributed by atoms with van der Waals surface area (Å²) < 4.78 is 0. The largest absolute Gasteiger partial charge is 0.507 e. The molecular weight excluding hydrogens is 488 g/mol. The van der Waals surface area contributed by atoms with E-state index in [1.165, 1.54) is 11.8 Å². The Bertz CT molecular complexity index is 1620. The van der Waals surface area contributed by atoms with Crippen molar-refractivity contribution in [3.05, 3.63) is 113 Å². The van der Waals surface area contributed by atoms with Gasteiger partial charge in [-0.15, -0.1) is 0 Å². The van der Waals surface area contributed by atoms with Crippen molar-refractivity contribution in [1.29, 1.82) is 0 Å². The van der Waals surface area contributed by atoms with Crippen LogP contribution in [0.2, 0.25) is 0 Å². The number of anilines is 2. The lowest BCUT2D eigenvalue weighted by Crippen LogP contribution is -2.29. The van der Waals surface area contributed by atoms with E-state index in [4.69, 9.17) is 0 Å². The van der Waals surface area contributed by atoms with Crippen LogP contribution in [0.1, 0.15) is 50.4 Å². The zero-order chi connectivity index (χ0) is 27.9. The second kappa shape index (κ2) is 9.87. The monoisotopic (exact) mass is 518 g/mol. The molecule has 2 amide bonds. The van der Waals surface area contributed by atoms with E-state index in [0.717, 1.165) is 16.3 Å². The Kier molecular flexibility index (Phi) is 6.56. The quantitative estimate of drug-likeness (QED) is 0.178. The summed E-state index contributed by atoms with van der Waals surface area (Å²) in [6, 6.07) is 26.8. The van der Waals surface area contributed by atoms with Gasteiger partial charge in [0.05, 0.1) is 11.6 Å². The van der Waals surface area contributed by atoms with Crippen LogP contribution >= 0.6 is 0 Å². The molecular formula is C33H30N2O4. The fourth-order valence-electron chi connectivity index (χ4n) is 5.07. The predicted octanol–water partition coefficient (Wildman–Crippen LogP) is 6.72. The summed E-state index contributed by atoms with van der Waals surface area (Å²) in [7, 11) is 0. The van der Waals surface area contributed by atoms with Crippen molar-refractivity contribution in [3.8, 4) is 0 Å². The summed E-state index contributed by atoms with van der Waals surface area (Å²) >= 11 is 0. The van der Waals surface area contributed by atoms with Crippen LogP contribution in [0.3, 0.4) is 0 Å². The van der Waals surface area contributed by atoms with Crippen LogP contribution < -0.4 is 10.2 Å². The van der Waals surface area contributed by atoms with Crippen LogP contribution in [0, 0.1) is 0 Å². The number of benzene rings is 4. The van der Waals surface area contributed by atoms with E-state index in [1.54, 1.807) is 30.3 Å². The molecule has 0 aromatic heterocycles. The molecule has 0 radical (unpaired) electrons. The van der Waals surface area contributed by atoms with Gasteiger partial charge in [0.2, 0.25) is 5.91 Å². The third-order valence-corrected chi connectivity index (χ3v) is 7.05. The third-order valence-electron chi connectivity index (χ3n) is 7.05. The first-order valence-corrected chi connectivity index (χ1v) is 12.8. The number of amides is 2. The van der Waals surface area contributed by atoms with Gasteiger partial charge >= 0.3 is 0 Å². The van der Waals surface area contributed by atoms with Gasteiger partial charge < -0.3 is 10.4 Å². The Balaban J connectivity index is 1.70. The van der Waals surface area contributed by atoms with E-state index in [9.17, 15) is 19.5 Å². The average molecular weight is 519 g/mol. The SMILES string of the molecule is CC(=O)Nc1ccc(N2C(=O)C(=O)/C(=C(\O)c3cccc4ccccc34)C2c2ccc(C(C)(C)C)cc2)cc1. The number of rotatable bonds is 4. The third kappa shape index (κ3) is 4.81. The van der Waals surface area contributed by atoms with Gasteiger partial charge in [-0.1, -0.05) is 87.5 Å². The average Bonchev–Trinajstić information content (AvgIpc) is 3.18. The molecule has 6 heteroatoms. The smallest absolute Gasteiger partial charge is 0.300 e. The number of hydrogen-bond acceptors (Lipinski definition) is 4. The summed E-state index contributed by atoms with van der Waals surface area (Å²) in [4.78, 5) is 40.0. The van der Waals surface area contributed by atoms with E-state index in [-0.39, 0.29) is 22.7 Å². The normalized spacial score (nSPS) is 17.0. The van der Waals surface area contributed by atoms with Crippen LogP contribution in [-0.4, -0.2) is 22.7 Å². The first-order chi connectivity index (χ1) is 18.6. The lowest BCUT2D eigenvalue weighted by Gasteiger charge is -2.27. The molecule has 1 fully saturated rings. The van der Waals surface area contributed by atoms with Gasteiger partial charge in [-0.25, -0.2) is 0 Å². The Morgan fingerprint density at radius 1 is 0.846 bits per heavy atom. The van der Waals surface area contributed by atoms with Gasteiger partial charge in [-0.05, 0) is 51.6 Å². The first kappa shape index (κ1) is 25.9.